The first-order valence-corrected chi connectivity index (χ1v) is 10.5. The zero-order chi connectivity index (χ0) is 21.8. The largest absolute Gasteiger partial charge is 0.481 e. The van der Waals surface area contributed by atoms with Crippen LogP contribution < -0.4 is 9.64 Å². The molecule has 3 heterocycles. The Balaban J connectivity index is 1.33. The van der Waals surface area contributed by atoms with E-state index in [1.54, 1.807) is 12.4 Å². The molecular formula is C24H27N5O2. The minimum Gasteiger partial charge on any atom is -0.481 e. The van der Waals surface area contributed by atoms with E-state index >= 15 is 0 Å². The summed E-state index contributed by atoms with van der Waals surface area (Å²) in [5.41, 5.74) is 3.88. The van der Waals surface area contributed by atoms with E-state index in [-0.39, 0.29) is 5.91 Å². The van der Waals surface area contributed by atoms with Gasteiger partial charge in [-0.25, -0.2) is 0 Å². The minimum atomic E-state index is -0.523. The molecule has 3 aromatic rings. The quantitative estimate of drug-likeness (QED) is 0.635. The number of pyridine rings is 1. The molecule has 1 aliphatic heterocycles. The van der Waals surface area contributed by atoms with Crippen LogP contribution >= 0.6 is 0 Å². The minimum absolute atomic E-state index is 0.0126. The van der Waals surface area contributed by atoms with Crippen LogP contribution in [0.4, 0.5) is 5.82 Å². The van der Waals surface area contributed by atoms with Crippen LogP contribution in [0.25, 0.3) is 11.3 Å². The molecular weight excluding hydrogens is 390 g/mol. The van der Waals surface area contributed by atoms with E-state index in [9.17, 15) is 4.79 Å². The highest BCUT2D eigenvalue weighted by Gasteiger charge is 2.27. The Morgan fingerprint density at radius 2 is 1.84 bits per heavy atom. The fraction of sp³-hybridized carbons (Fsp3) is 0.333. The number of benzene rings is 1. The van der Waals surface area contributed by atoms with Gasteiger partial charge in [0.15, 0.2) is 11.9 Å². The van der Waals surface area contributed by atoms with Crippen molar-refractivity contribution in [3.05, 3.63) is 66.0 Å². The molecule has 7 heteroatoms. The molecule has 1 amide bonds. The number of carbonyl (C=O) groups is 1. The SMILES string of the molecule is Cc1ccc(C)c(OC(C)C(=O)N2CCN(c3ccc(-c4cccnc4)nn3)CC2)c1. The molecule has 4 rings (SSSR count). The predicted octanol–water partition coefficient (Wildman–Crippen LogP) is 3.27. The maximum atomic E-state index is 12.9. The molecule has 0 bridgehead atoms. The first-order chi connectivity index (χ1) is 15.0. The summed E-state index contributed by atoms with van der Waals surface area (Å²) in [7, 11) is 0. The molecule has 1 unspecified atom stereocenters. The summed E-state index contributed by atoms with van der Waals surface area (Å²) in [4.78, 5) is 21.0. The van der Waals surface area contributed by atoms with Gasteiger partial charge in [-0.05, 0) is 62.2 Å². The summed E-state index contributed by atoms with van der Waals surface area (Å²) in [5.74, 6) is 1.60. The number of amides is 1. The van der Waals surface area contributed by atoms with E-state index in [0.29, 0.717) is 26.2 Å². The molecule has 1 fully saturated rings. The van der Waals surface area contributed by atoms with Crippen molar-refractivity contribution in [2.75, 3.05) is 31.1 Å². The number of carbonyl (C=O) groups excluding carboxylic acids is 1. The molecule has 0 aliphatic carbocycles. The standard InChI is InChI=1S/C24H27N5O2/c1-17-6-7-18(2)22(15-17)31-19(3)24(30)29-13-11-28(12-14-29)23-9-8-21(26-27-23)20-5-4-10-25-16-20/h4-10,15-16,19H,11-14H2,1-3H3. The lowest BCUT2D eigenvalue weighted by molar-refractivity contribution is -0.138. The van der Waals surface area contributed by atoms with Gasteiger partial charge in [0.2, 0.25) is 0 Å². The Bertz CT molecular complexity index is 1030. The molecule has 1 aliphatic rings. The molecule has 1 atom stereocenters. The van der Waals surface area contributed by atoms with Crippen molar-refractivity contribution in [2.24, 2.45) is 0 Å². The maximum absolute atomic E-state index is 12.9. The molecule has 31 heavy (non-hydrogen) atoms. The predicted molar refractivity (Wildman–Crippen MR) is 120 cm³/mol. The molecule has 0 radical (unpaired) electrons. The summed E-state index contributed by atoms with van der Waals surface area (Å²) in [6, 6.07) is 13.8. The highest BCUT2D eigenvalue weighted by molar-refractivity contribution is 5.81. The van der Waals surface area contributed by atoms with Crippen LogP contribution in [-0.4, -0.2) is 58.3 Å². The van der Waals surface area contributed by atoms with Crippen LogP contribution in [0.2, 0.25) is 0 Å². The number of hydrogen-bond donors (Lipinski definition) is 0. The normalized spacial score (nSPS) is 14.9. The molecule has 160 valence electrons. The zero-order valence-corrected chi connectivity index (χ0v) is 18.2. The van der Waals surface area contributed by atoms with Crippen LogP contribution in [0, 0.1) is 13.8 Å². The van der Waals surface area contributed by atoms with Gasteiger partial charge in [0.1, 0.15) is 5.75 Å². The zero-order valence-electron chi connectivity index (χ0n) is 18.2. The Labute approximate surface area is 182 Å². The third kappa shape index (κ3) is 4.82. The van der Waals surface area contributed by atoms with Gasteiger partial charge in [0.05, 0.1) is 5.69 Å². The molecule has 0 spiro atoms. The number of anilines is 1. The van der Waals surface area contributed by atoms with Gasteiger partial charge in [-0.1, -0.05) is 12.1 Å². The number of ether oxygens (including phenoxy) is 1. The Hall–Kier alpha value is -3.48. The smallest absolute Gasteiger partial charge is 0.263 e. The number of nitrogens with zero attached hydrogens (tertiary/aromatic N) is 5. The summed E-state index contributed by atoms with van der Waals surface area (Å²) >= 11 is 0. The highest BCUT2D eigenvalue weighted by atomic mass is 16.5. The van der Waals surface area contributed by atoms with Gasteiger partial charge >= 0.3 is 0 Å². The van der Waals surface area contributed by atoms with E-state index < -0.39 is 6.10 Å². The van der Waals surface area contributed by atoms with Crippen molar-refractivity contribution in [3.63, 3.8) is 0 Å². The van der Waals surface area contributed by atoms with Crippen LogP contribution in [0.3, 0.4) is 0 Å². The second-order valence-corrected chi connectivity index (χ2v) is 7.86. The lowest BCUT2D eigenvalue weighted by Crippen LogP contribution is -2.52. The molecule has 0 N–H and O–H groups in total. The van der Waals surface area contributed by atoms with Crippen LogP contribution in [0.15, 0.2) is 54.9 Å². The number of piperazine rings is 1. The monoisotopic (exact) mass is 417 g/mol. The fourth-order valence-electron chi connectivity index (χ4n) is 3.65. The number of rotatable bonds is 5. The second kappa shape index (κ2) is 9.12. The molecule has 1 aromatic carbocycles. The summed E-state index contributed by atoms with van der Waals surface area (Å²) in [5, 5.41) is 8.71. The van der Waals surface area contributed by atoms with E-state index in [1.165, 1.54) is 0 Å². The van der Waals surface area contributed by atoms with Crippen LogP contribution in [0.5, 0.6) is 5.75 Å². The van der Waals surface area contributed by atoms with Gasteiger partial charge in [0.25, 0.3) is 5.91 Å². The highest BCUT2D eigenvalue weighted by Crippen LogP contribution is 2.22. The van der Waals surface area contributed by atoms with Gasteiger partial charge in [-0.15, -0.1) is 10.2 Å². The third-order valence-electron chi connectivity index (χ3n) is 5.52. The van der Waals surface area contributed by atoms with Crippen LogP contribution in [-0.2, 0) is 4.79 Å². The van der Waals surface area contributed by atoms with Gasteiger partial charge < -0.3 is 14.5 Å². The summed E-state index contributed by atoms with van der Waals surface area (Å²) in [6.07, 6.45) is 2.99. The van der Waals surface area contributed by atoms with E-state index in [1.807, 2.05) is 68.1 Å². The molecule has 1 saturated heterocycles. The van der Waals surface area contributed by atoms with Crippen molar-refractivity contribution in [1.29, 1.82) is 0 Å². The third-order valence-corrected chi connectivity index (χ3v) is 5.52. The fourth-order valence-corrected chi connectivity index (χ4v) is 3.65. The Morgan fingerprint density at radius 3 is 2.52 bits per heavy atom. The van der Waals surface area contributed by atoms with E-state index in [2.05, 4.69) is 20.1 Å². The average Bonchev–Trinajstić information content (AvgIpc) is 2.82. The second-order valence-electron chi connectivity index (χ2n) is 7.86. The number of aryl methyl sites for hydroxylation is 2. The van der Waals surface area contributed by atoms with Gasteiger partial charge in [0, 0.05) is 44.1 Å². The van der Waals surface area contributed by atoms with Crippen molar-refractivity contribution in [3.8, 4) is 17.0 Å². The van der Waals surface area contributed by atoms with E-state index in [4.69, 9.17) is 4.74 Å². The van der Waals surface area contributed by atoms with Crippen molar-refractivity contribution in [1.82, 2.24) is 20.1 Å². The first kappa shape index (κ1) is 20.8. The average molecular weight is 418 g/mol. The van der Waals surface area contributed by atoms with Crippen LogP contribution in [0.1, 0.15) is 18.1 Å². The first-order valence-electron chi connectivity index (χ1n) is 10.5. The molecule has 0 saturated carbocycles. The Kier molecular flexibility index (Phi) is 6.11. The van der Waals surface area contributed by atoms with E-state index in [0.717, 1.165) is 34.0 Å². The lowest BCUT2D eigenvalue weighted by Gasteiger charge is -2.36. The summed E-state index contributed by atoms with van der Waals surface area (Å²) in [6.45, 7) is 8.51. The number of hydrogen-bond acceptors (Lipinski definition) is 6. The topological polar surface area (TPSA) is 71.5 Å². The van der Waals surface area contributed by atoms with Crippen molar-refractivity contribution in [2.45, 2.75) is 26.9 Å². The van der Waals surface area contributed by atoms with Crippen molar-refractivity contribution < 1.29 is 9.53 Å². The van der Waals surface area contributed by atoms with Gasteiger partial charge in [-0.2, -0.15) is 0 Å². The Morgan fingerprint density at radius 1 is 1.03 bits per heavy atom. The molecule has 2 aromatic heterocycles. The lowest BCUT2D eigenvalue weighted by atomic mass is 10.1. The number of aromatic nitrogens is 3. The van der Waals surface area contributed by atoms with Gasteiger partial charge in [-0.3, -0.25) is 9.78 Å². The van der Waals surface area contributed by atoms with Crippen molar-refractivity contribution >= 4 is 11.7 Å². The molecule has 7 nitrogen and oxygen atoms in total. The summed E-state index contributed by atoms with van der Waals surface area (Å²) < 4.78 is 5.98. The maximum Gasteiger partial charge on any atom is 0.263 e.